The van der Waals surface area contributed by atoms with Gasteiger partial charge in [0.2, 0.25) is 0 Å². The van der Waals surface area contributed by atoms with E-state index in [1.807, 2.05) is 42.5 Å². The van der Waals surface area contributed by atoms with Crippen LogP contribution in [-0.4, -0.2) is 51.1 Å². The number of nitrogens with zero attached hydrogens (tertiary/aromatic N) is 2. The van der Waals surface area contributed by atoms with Crippen LogP contribution in [0.3, 0.4) is 0 Å². The summed E-state index contributed by atoms with van der Waals surface area (Å²) < 4.78 is 11.7. The third kappa shape index (κ3) is 6.39. The highest BCUT2D eigenvalue weighted by Crippen LogP contribution is 2.32. The van der Waals surface area contributed by atoms with E-state index in [0.717, 1.165) is 35.5 Å². The molecular weight excluding hydrogens is 404 g/mol. The number of ether oxygens (including phenoxy) is 2. The zero-order chi connectivity index (χ0) is 22.9. The molecule has 32 heavy (non-hydrogen) atoms. The van der Waals surface area contributed by atoms with Crippen molar-refractivity contribution in [1.82, 2.24) is 15.5 Å². The Morgan fingerprint density at radius 1 is 1.00 bits per heavy atom. The van der Waals surface area contributed by atoms with Crippen LogP contribution in [0.2, 0.25) is 0 Å². The highest BCUT2D eigenvalue weighted by atomic mass is 16.5. The molecule has 0 bridgehead atoms. The summed E-state index contributed by atoms with van der Waals surface area (Å²) in [5, 5.41) is 6.63. The van der Waals surface area contributed by atoms with Crippen molar-refractivity contribution >= 4 is 11.9 Å². The molecule has 0 atom stereocenters. The Hall–Kier alpha value is -3.22. The molecule has 172 valence electrons. The van der Waals surface area contributed by atoms with Gasteiger partial charge in [-0.25, -0.2) is 0 Å². The molecule has 7 heteroatoms. The highest BCUT2D eigenvalue weighted by Gasteiger charge is 2.18. The molecule has 2 aromatic rings. The second kappa shape index (κ2) is 11.4. The molecule has 0 radical (unpaired) electrons. The summed E-state index contributed by atoms with van der Waals surface area (Å²) >= 11 is 0. The number of benzene rings is 2. The van der Waals surface area contributed by atoms with Crippen LogP contribution in [0.1, 0.15) is 47.2 Å². The van der Waals surface area contributed by atoms with E-state index in [4.69, 9.17) is 9.47 Å². The Bertz CT molecular complexity index is 919. The number of nitrogens with one attached hydrogen (secondary N) is 2. The first-order valence-corrected chi connectivity index (χ1v) is 11.1. The van der Waals surface area contributed by atoms with E-state index < -0.39 is 0 Å². The maximum absolute atomic E-state index is 12.0. The number of guanidine groups is 1. The van der Waals surface area contributed by atoms with Crippen LogP contribution in [0.25, 0.3) is 0 Å². The smallest absolute Gasteiger partial charge is 0.253 e. The predicted octanol–water partition coefficient (Wildman–Crippen LogP) is 3.58. The molecule has 1 aliphatic rings. The van der Waals surface area contributed by atoms with Crippen molar-refractivity contribution in [2.24, 2.45) is 4.99 Å². The minimum absolute atomic E-state index is 0.00271. The molecule has 1 fully saturated rings. The zero-order valence-corrected chi connectivity index (χ0v) is 19.5. The van der Waals surface area contributed by atoms with Gasteiger partial charge in [0.1, 0.15) is 0 Å². The van der Waals surface area contributed by atoms with Crippen molar-refractivity contribution in [1.29, 1.82) is 0 Å². The predicted molar refractivity (Wildman–Crippen MR) is 127 cm³/mol. The number of aliphatic imine (C=N–C) groups is 1. The summed E-state index contributed by atoms with van der Waals surface area (Å²) in [6, 6.07) is 13.6. The van der Waals surface area contributed by atoms with Crippen LogP contribution in [0.15, 0.2) is 47.5 Å². The number of hydrogen-bond acceptors (Lipinski definition) is 4. The SMILES string of the molecule is CN=C(NCc1ccc(C(=O)N(C)C)cc1)NCc1ccc(OC2CCCC2)c(OC)c1. The molecule has 1 saturated carbocycles. The highest BCUT2D eigenvalue weighted by molar-refractivity contribution is 5.93. The zero-order valence-electron chi connectivity index (χ0n) is 19.5. The van der Waals surface area contributed by atoms with Crippen molar-refractivity contribution in [3.63, 3.8) is 0 Å². The van der Waals surface area contributed by atoms with Crippen LogP contribution in [0.4, 0.5) is 0 Å². The van der Waals surface area contributed by atoms with Crippen LogP contribution in [0.5, 0.6) is 11.5 Å². The van der Waals surface area contributed by atoms with Gasteiger partial charge in [0.05, 0.1) is 13.2 Å². The van der Waals surface area contributed by atoms with E-state index >= 15 is 0 Å². The third-order valence-corrected chi connectivity index (χ3v) is 5.57. The van der Waals surface area contributed by atoms with E-state index in [2.05, 4.69) is 15.6 Å². The number of carbonyl (C=O) groups excluding carboxylic acids is 1. The quantitative estimate of drug-likeness (QED) is 0.487. The third-order valence-electron chi connectivity index (χ3n) is 5.57. The van der Waals surface area contributed by atoms with Gasteiger partial charge in [0.25, 0.3) is 5.91 Å². The van der Waals surface area contributed by atoms with Crippen molar-refractivity contribution in [3.05, 3.63) is 59.2 Å². The van der Waals surface area contributed by atoms with Gasteiger partial charge >= 0.3 is 0 Å². The maximum Gasteiger partial charge on any atom is 0.253 e. The van der Waals surface area contributed by atoms with Gasteiger partial charge in [-0.05, 0) is 61.1 Å². The molecule has 2 N–H and O–H groups in total. The van der Waals surface area contributed by atoms with Gasteiger partial charge in [-0.15, -0.1) is 0 Å². The minimum Gasteiger partial charge on any atom is -0.493 e. The van der Waals surface area contributed by atoms with E-state index in [9.17, 15) is 4.79 Å². The second-order valence-corrected chi connectivity index (χ2v) is 8.19. The summed E-state index contributed by atoms with van der Waals surface area (Å²) in [4.78, 5) is 17.9. The Labute approximate surface area is 190 Å². The van der Waals surface area contributed by atoms with Crippen LogP contribution in [0, 0.1) is 0 Å². The molecule has 1 amide bonds. The fraction of sp³-hybridized carbons (Fsp3) is 0.440. The monoisotopic (exact) mass is 438 g/mol. The molecule has 0 spiro atoms. The van der Waals surface area contributed by atoms with Gasteiger partial charge in [0.15, 0.2) is 17.5 Å². The summed E-state index contributed by atoms with van der Waals surface area (Å²) in [7, 11) is 6.91. The lowest BCUT2D eigenvalue weighted by atomic mass is 10.1. The second-order valence-electron chi connectivity index (χ2n) is 8.19. The summed E-state index contributed by atoms with van der Waals surface area (Å²) in [6.07, 6.45) is 5.00. The fourth-order valence-electron chi connectivity index (χ4n) is 3.72. The number of rotatable bonds is 8. The van der Waals surface area contributed by atoms with Gasteiger partial charge in [-0.2, -0.15) is 0 Å². The standard InChI is InChI=1S/C25H34N4O3/c1-26-25(27-16-18-9-12-20(13-10-18)24(30)29(2)3)28-17-19-11-14-22(23(15-19)31-4)32-21-7-5-6-8-21/h9-15,21H,5-8,16-17H2,1-4H3,(H2,26,27,28). The van der Waals surface area contributed by atoms with Crippen molar-refractivity contribution < 1.29 is 14.3 Å². The van der Waals surface area contributed by atoms with Gasteiger partial charge in [-0.1, -0.05) is 18.2 Å². The van der Waals surface area contributed by atoms with Crippen LogP contribution < -0.4 is 20.1 Å². The largest absolute Gasteiger partial charge is 0.493 e. The molecule has 0 unspecified atom stereocenters. The molecule has 7 nitrogen and oxygen atoms in total. The number of carbonyl (C=O) groups is 1. The normalized spacial score (nSPS) is 14.2. The van der Waals surface area contributed by atoms with E-state index in [0.29, 0.717) is 30.7 Å². The molecule has 0 aromatic heterocycles. The first-order chi connectivity index (χ1) is 15.5. The van der Waals surface area contributed by atoms with Crippen LogP contribution >= 0.6 is 0 Å². The van der Waals surface area contributed by atoms with E-state index in [-0.39, 0.29) is 5.91 Å². The number of hydrogen-bond donors (Lipinski definition) is 2. The average Bonchev–Trinajstić information content (AvgIpc) is 3.33. The molecule has 0 aliphatic heterocycles. The maximum atomic E-state index is 12.0. The first-order valence-electron chi connectivity index (χ1n) is 11.1. The van der Waals surface area contributed by atoms with Crippen LogP contribution in [-0.2, 0) is 13.1 Å². The lowest BCUT2D eigenvalue weighted by molar-refractivity contribution is 0.0827. The molecule has 1 aliphatic carbocycles. The molecule has 0 heterocycles. The van der Waals surface area contributed by atoms with Crippen molar-refractivity contribution in [2.75, 3.05) is 28.3 Å². The van der Waals surface area contributed by atoms with Gasteiger partial charge in [-0.3, -0.25) is 9.79 Å². The molecule has 0 saturated heterocycles. The lowest BCUT2D eigenvalue weighted by Crippen LogP contribution is -2.36. The molecule has 3 rings (SSSR count). The molecule has 2 aromatic carbocycles. The van der Waals surface area contributed by atoms with Crippen molar-refractivity contribution in [2.45, 2.75) is 44.9 Å². The topological polar surface area (TPSA) is 75.2 Å². The first kappa shape index (κ1) is 23.4. The van der Waals surface area contributed by atoms with Gasteiger partial charge < -0.3 is 25.0 Å². The number of methoxy groups -OCH3 is 1. The van der Waals surface area contributed by atoms with E-state index in [1.54, 1.807) is 33.2 Å². The summed E-state index contributed by atoms with van der Waals surface area (Å²) in [6.45, 7) is 1.21. The average molecular weight is 439 g/mol. The Kier molecular flexibility index (Phi) is 8.36. The Morgan fingerprint density at radius 3 is 2.22 bits per heavy atom. The molecular formula is C25H34N4O3. The van der Waals surface area contributed by atoms with Crippen molar-refractivity contribution in [3.8, 4) is 11.5 Å². The minimum atomic E-state index is -0.00271. The Balaban J connectivity index is 1.52. The lowest BCUT2D eigenvalue weighted by Gasteiger charge is -2.17. The van der Waals surface area contributed by atoms with Gasteiger partial charge in [0, 0.05) is 39.8 Å². The van der Waals surface area contributed by atoms with E-state index in [1.165, 1.54) is 12.8 Å². The summed E-state index contributed by atoms with van der Waals surface area (Å²) in [5.41, 5.74) is 2.82. The number of amides is 1. The Morgan fingerprint density at radius 2 is 1.62 bits per heavy atom. The summed E-state index contributed by atoms with van der Waals surface area (Å²) in [5.74, 6) is 2.26. The fourth-order valence-corrected chi connectivity index (χ4v) is 3.72.